The Morgan fingerprint density at radius 3 is 2.88 bits per heavy atom. The molecule has 1 N–H and O–H groups in total. The third kappa shape index (κ3) is 3.49. The Labute approximate surface area is 102 Å². The number of aryl methyl sites for hydroxylation is 1. The van der Waals surface area contributed by atoms with Crippen LogP contribution >= 0.6 is 0 Å². The maximum atomic E-state index is 5.31. The average molecular weight is 239 g/mol. The largest absolute Gasteiger partial charge is 0.424 e. The van der Waals surface area contributed by atoms with Gasteiger partial charge < -0.3 is 14.6 Å². The molecule has 0 spiro atoms. The van der Waals surface area contributed by atoms with Gasteiger partial charge in [0.1, 0.15) is 0 Å². The van der Waals surface area contributed by atoms with Gasteiger partial charge in [-0.05, 0) is 14.1 Å². The van der Waals surface area contributed by atoms with E-state index < -0.39 is 0 Å². The Hall–Kier alpha value is -0.980. The van der Waals surface area contributed by atoms with Crippen molar-refractivity contribution in [1.82, 2.24) is 25.3 Å². The van der Waals surface area contributed by atoms with E-state index in [4.69, 9.17) is 4.42 Å². The summed E-state index contributed by atoms with van der Waals surface area (Å²) in [7, 11) is 4.34. The summed E-state index contributed by atoms with van der Waals surface area (Å²) in [5, 5.41) is 11.1. The standard InChI is InChI=1S/C11H21N5O/c1-9-13-14-11(17-9)7-12-6-10-8-15(2)4-5-16(10)3/h10,12H,4-8H2,1-3H3. The predicted octanol–water partition coefficient (Wildman–Crippen LogP) is -0.287. The molecule has 0 bridgehead atoms. The first-order valence-electron chi connectivity index (χ1n) is 6.03. The molecular formula is C11H21N5O. The minimum absolute atomic E-state index is 0.553. The van der Waals surface area contributed by atoms with Gasteiger partial charge in [-0.25, -0.2) is 0 Å². The number of likely N-dealkylation sites (N-methyl/N-ethyl adjacent to an activating group) is 2. The van der Waals surface area contributed by atoms with Crippen molar-refractivity contribution in [3.8, 4) is 0 Å². The maximum absolute atomic E-state index is 5.31. The molecule has 1 aromatic heterocycles. The van der Waals surface area contributed by atoms with Gasteiger partial charge in [-0.3, -0.25) is 4.90 Å². The zero-order chi connectivity index (χ0) is 12.3. The molecule has 1 unspecified atom stereocenters. The topological polar surface area (TPSA) is 57.4 Å². The molecule has 0 radical (unpaired) electrons. The molecule has 0 amide bonds. The zero-order valence-corrected chi connectivity index (χ0v) is 10.8. The SMILES string of the molecule is Cc1nnc(CNCC2CN(C)CCN2C)o1. The van der Waals surface area contributed by atoms with E-state index in [-0.39, 0.29) is 0 Å². The van der Waals surface area contributed by atoms with Gasteiger partial charge in [-0.1, -0.05) is 0 Å². The Morgan fingerprint density at radius 1 is 1.35 bits per heavy atom. The lowest BCUT2D eigenvalue weighted by molar-refractivity contribution is 0.113. The lowest BCUT2D eigenvalue weighted by Crippen LogP contribution is -2.53. The van der Waals surface area contributed by atoms with Gasteiger partial charge in [0.05, 0.1) is 6.54 Å². The Balaban J connectivity index is 1.74. The van der Waals surface area contributed by atoms with Crippen LogP contribution < -0.4 is 5.32 Å². The molecular weight excluding hydrogens is 218 g/mol. The van der Waals surface area contributed by atoms with E-state index in [1.807, 2.05) is 0 Å². The molecule has 1 aliphatic rings. The van der Waals surface area contributed by atoms with E-state index in [2.05, 4.69) is 39.4 Å². The normalized spacial score (nSPS) is 23.1. The number of aromatic nitrogens is 2. The van der Waals surface area contributed by atoms with E-state index in [0.717, 1.165) is 26.2 Å². The van der Waals surface area contributed by atoms with Crippen LogP contribution in [0.1, 0.15) is 11.8 Å². The molecule has 1 aromatic rings. The van der Waals surface area contributed by atoms with E-state index in [9.17, 15) is 0 Å². The Bertz CT molecular complexity index is 353. The number of hydrogen-bond acceptors (Lipinski definition) is 6. The van der Waals surface area contributed by atoms with E-state index in [1.54, 1.807) is 6.92 Å². The molecule has 0 aromatic carbocycles. The summed E-state index contributed by atoms with van der Waals surface area (Å²) in [5.74, 6) is 1.28. The van der Waals surface area contributed by atoms with Crippen LogP contribution in [0.4, 0.5) is 0 Å². The number of rotatable bonds is 4. The fourth-order valence-electron chi connectivity index (χ4n) is 2.08. The van der Waals surface area contributed by atoms with Crippen molar-refractivity contribution in [3.63, 3.8) is 0 Å². The number of hydrogen-bond donors (Lipinski definition) is 1. The predicted molar refractivity (Wildman–Crippen MR) is 64.7 cm³/mol. The van der Waals surface area contributed by atoms with Crippen molar-refractivity contribution < 1.29 is 4.42 Å². The Morgan fingerprint density at radius 2 is 2.18 bits per heavy atom. The lowest BCUT2D eigenvalue weighted by atomic mass is 10.2. The van der Waals surface area contributed by atoms with E-state index in [1.165, 1.54) is 0 Å². The minimum Gasteiger partial charge on any atom is -0.424 e. The van der Waals surface area contributed by atoms with Crippen LogP contribution in [0.3, 0.4) is 0 Å². The fraction of sp³-hybridized carbons (Fsp3) is 0.818. The van der Waals surface area contributed by atoms with Crippen LogP contribution in [0.2, 0.25) is 0 Å². The molecule has 17 heavy (non-hydrogen) atoms. The van der Waals surface area contributed by atoms with Gasteiger partial charge in [0.2, 0.25) is 11.8 Å². The first kappa shape index (κ1) is 12.5. The van der Waals surface area contributed by atoms with Crippen molar-refractivity contribution >= 4 is 0 Å². The van der Waals surface area contributed by atoms with Gasteiger partial charge in [0, 0.05) is 39.1 Å². The summed E-state index contributed by atoms with van der Waals surface area (Å²) < 4.78 is 5.31. The highest BCUT2D eigenvalue weighted by Crippen LogP contribution is 2.05. The summed E-state index contributed by atoms with van der Waals surface area (Å²) in [5.41, 5.74) is 0. The molecule has 1 aliphatic heterocycles. The minimum atomic E-state index is 0.553. The quantitative estimate of drug-likeness (QED) is 0.779. The molecule has 96 valence electrons. The second-order valence-corrected chi connectivity index (χ2v) is 4.74. The fourth-order valence-corrected chi connectivity index (χ4v) is 2.08. The van der Waals surface area contributed by atoms with Crippen LogP contribution in [0.5, 0.6) is 0 Å². The number of nitrogens with one attached hydrogen (secondary N) is 1. The highest BCUT2D eigenvalue weighted by atomic mass is 16.4. The lowest BCUT2D eigenvalue weighted by Gasteiger charge is -2.37. The Kier molecular flexibility index (Phi) is 4.09. The van der Waals surface area contributed by atoms with E-state index in [0.29, 0.717) is 24.4 Å². The number of nitrogens with zero attached hydrogens (tertiary/aromatic N) is 4. The van der Waals surface area contributed by atoms with Gasteiger partial charge in [-0.2, -0.15) is 0 Å². The smallest absolute Gasteiger partial charge is 0.230 e. The third-order valence-electron chi connectivity index (χ3n) is 3.20. The van der Waals surface area contributed by atoms with Crippen molar-refractivity contribution in [2.24, 2.45) is 0 Å². The van der Waals surface area contributed by atoms with Crippen LogP contribution in [0.25, 0.3) is 0 Å². The van der Waals surface area contributed by atoms with Crippen molar-refractivity contribution in [2.75, 3.05) is 40.3 Å². The van der Waals surface area contributed by atoms with Crippen LogP contribution in [0.15, 0.2) is 4.42 Å². The molecule has 1 fully saturated rings. The first-order chi connectivity index (χ1) is 8.15. The van der Waals surface area contributed by atoms with Crippen molar-refractivity contribution in [3.05, 3.63) is 11.8 Å². The second kappa shape index (κ2) is 5.57. The molecule has 1 saturated heterocycles. The molecule has 0 aliphatic carbocycles. The summed E-state index contributed by atoms with van der Waals surface area (Å²) in [6.07, 6.45) is 0. The van der Waals surface area contributed by atoms with Crippen LogP contribution in [-0.4, -0.2) is 66.3 Å². The summed E-state index contributed by atoms with van der Waals surface area (Å²) in [6, 6.07) is 0.553. The van der Waals surface area contributed by atoms with Gasteiger partial charge in [0.25, 0.3) is 0 Å². The molecule has 6 heteroatoms. The average Bonchev–Trinajstić information content (AvgIpc) is 2.69. The van der Waals surface area contributed by atoms with Crippen LogP contribution in [0, 0.1) is 6.92 Å². The molecule has 0 saturated carbocycles. The van der Waals surface area contributed by atoms with E-state index >= 15 is 0 Å². The summed E-state index contributed by atoms with van der Waals surface area (Å²) >= 11 is 0. The second-order valence-electron chi connectivity index (χ2n) is 4.74. The number of piperazine rings is 1. The molecule has 2 rings (SSSR count). The highest BCUT2D eigenvalue weighted by Gasteiger charge is 2.21. The van der Waals surface area contributed by atoms with Gasteiger partial charge in [0.15, 0.2) is 0 Å². The molecule has 1 atom stereocenters. The zero-order valence-electron chi connectivity index (χ0n) is 10.8. The van der Waals surface area contributed by atoms with Crippen molar-refractivity contribution in [1.29, 1.82) is 0 Å². The van der Waals surface area contributed by atoms with Gasteiger partial charge >= 0.3 is 0 Å². The van der Waals surface area contributed by atoms with Gasteiger partial charge in [-0.15, -0.1) is 10.2 Å². The first-order valence-corrected chi connectivity index (χ1v) is 6.03. The summed E-state index contributed by atoms with van der Waals surface area (Å²) in [6.45, 7) is 6.78. The maximum Gasteiger partial charge on any atom is 0.230 e. The summed E-state index contributed by atoms with van der Waals surface area (Å²) in [4.78, 5) is 4.76. The monoisotopic (exact) mass is 239 g/mol. The third-order valence-corrected chi connectivity index (χ3v) is 3.20. The van der Waals surface area contributed by atoms with Crippen molar-refractivity contribution in [2.45, 2.75) is 19.5 Å². The molecule has 6 nitrogen and oxygen atoms in total. The highest BCUT2D eigenvalue weighted by molar-refractivity contribution is 4.82. The van der Waals surface area contributed by atoms with Crippen LogP contribution in [-0.2, 0) is 6.54 Å². The molecule has 2 heterocycles.